The second-order valence-corrected chi connectivity index (χ2v) is 5.60. The summed E-state index contributed by atoms with van der Waals surface area (Å²) >= 11 is 0. The van der Waals surface area contributed by atoms with Gasteiger partial charge in [0.25, 0.3) is 0 Å². The molecule has 6 nitrogen and oxygen atoms in total. The van der Waals surface area contributed by atoms with E-state index in [1.54, 1.807) is 11.0 Å². The van der Waals surface area contributed by atoms with Crippen LogP contribution in [0.25, 0.3) is 0 Å². The molecule has 2 rings (SSSR count). The van der Waals surface area contributed by atoms with Gasteiger partial charge < -0.3 is 10.6 Å². The molecule has 2 N–H and O–H groups in total. The third-order valence-electron chi connectivity index (χ3n) is 3.71. The zero-order valence-electron chi connectivity index (χ0n) is 14.8. The lowest BCUT2D eigenvalue weighted by molar-refractivity contribution is 0.697. The molecule has 0 bridgehead atoms. The predicted molar refractivity (Wildman–Crippen MR) is 109 cm³/mol. The quantitative estimate of drug-likeness (QED) is 0.410. The number of aryl methyl sites for hydroxylation is 3. The van der Waals surface area contributed by atoms with Gasteiger partial charge in [0.2, 0.25) is 0 Å². The van der Waals surface area contributed by atoms with Crippen molar-refractivity contribution in [1.82, 2.24) is 25.4 Å². The minimum absolute atomic E-state index is 0. The third-order valence-corrected chi connectivity index (χ3v) is 3.71. The number of halogens is 1. The summed E-state index contributed by atoms with van der Waals surface area (Å²) < 4.78 is 1.74. The highest BCUT2D eigenvalue weighted by atomic mass is 127. The van der Waals surface area contributed by atoms with Crippen molar-refractivity contribution in [2.24, 2.45) is 12.0 Å². The Morgan fingerprint density at radius 1 is 1.25 bits per heavy atom. The summed E-state index contributed by atoms with van der Waals surface area (Å²) in [5.41, 5.74) is 4.01. The number of rotatable bonds is 6. The number of aliphatic imine (C=N–C) groups is 1. The van der Waals surface area contributed by atoms with Crippen molar-refractivity contribution in [2.45, 2.75) is 33.7 Å². The molecule has 0 unspecified atom stereocenters. The van der Waals surface area contributed by atoms with Crippen molar-refractivity contribution in [2.75, 3.05) is 13.1 Å². The lowest BCUT2D eigenvalue weighted by Gasteiger charge is -2.12. The molecule has 0 aliphatic rings. The molecule has 132 valence electrons. The number of hydrogen-bond acceptors (Lipinski definition) is 3. The normalized spacial score (nSPS) is 11.1. The largest absolute Gasteiger partial charge is 0.357 e. The van der Waals surface area contributed by atoms with E-state index in [1.165, 1.54) is 16.7 Å². The SMILES string of the molecule is CCNC(=NCc1ncnn1C)NCCc1ccc(C)cc1C.I. The highest BCUT2D eigenvalue weighted by Crippen LogP contribution is 2.10. The fraction of sp³-hybridized carbons (Fsp3) is 0.471. The molecule has 7 heteroatoms. The van der Waals surface area contributed by atoms with E-state index in [4.69, 9.17) is 0 Å². The highest BCUT2D eigenvalue weighted by molar-refractivity contribution is 14.0. The third kappa shape index (κ3) is 6.10. The summed E-state index contributed by atoms with van der Waals surface area (Å²) in [6.45, 7) is 8.52. The monoisotopic (exact) mass is 442 g/mol. The Morgan fingerprint density at radius 3 is 2.67 bits per heavy atom. The second-order valence-electron chi connectivity index (χ2n) is 5.60. The minimum Gasteiger partial charge on any atom is -0.357 e. The van der Waals surface area contributed by atoms with Crippen molar-refractivity contribution in [3.8, 4) is 0 Å². The van der Waals surface area contributed by atoms with Gasteiger partial charge in [-0.15, -0.1) is 24.0 Å². The molecule has 2 aromatic rings. The van der Waals surface area contributed by atoms with Crippen molar-refractivity contribution in [1.29, 1.82) is 0 Å². The highest BCUT2D eigenvalue weighted by Gasteiger charge is 2.03. The Morgan fingerprint density at radius 2 is 2.04 bits per heavy atom. The summed E-state index contributed by atoms with van der Waals surface area (Å²) in [6, 6.07) is 6.59. The number of nitrogens with one attached hydrogen (secondary N) is 2. The molecule has 0 saturated carbocycles. The Kier molecular flexibility index (Phi) is 8.73. The van der Waals surface area contributed by atoms with Gasteiger partial charge in [-0.05, 0) is 38.3 Å². The Balaban J connectivity index is 0.00000288. The standard InChI is InChI=1S/C17H26N6.HI/c1-5-18-17(20-11-16-21-12-22-23(16)4)19-9-8-15-7-6-13(2)10-14(15)3;/h6-7,10,12H,5,8-9,11H2,1-4H3,(H2,18,19,20);1H. The van der Waals surface area contributed by atoms with E-state index in [1.807, 2.05) is 7.05 Å². The maximum absolute atomic E-state index is 4.56. The average molecular weight is 442 g/mol. The van der Waals surface area contributed by atoms with E-state index in [2.05, 4.69) is 64.7 Å². The number of benzene rings is 1. The lowest BCUT2D eigenvalue weighted by atomic mass is 10.0. The van der Waals surface area contributed by atoms with Gasteiger partial charge in [-0.2, -0.15) is 5.10 Å². The van der Waals surface area contributed by atoms with Crippen LogP contribution in [0.2, 0.25) is 0 Å². The van der Waals surface area contributed by atoms with Gasteiger partial charge in [0, 0.05) is 20.1 Å². The molecule has 1 aromatic heterocycles. The van der Waals surface area contributed by atoms with Crippen LogP contribution in [0.3, 0.4) is 0 Å². The molecule has 0 saturated heterocycles. The van der Waals surface area contributed by atoms with Crippen molar-refractivity contribution >= 4 is 29.9 Å². The van der Waals surface area contributed by atoms with Gasteiger partial charge in [0.1, 0.15) is 18.7 Å². The first kappa shape index (κ1) is 20.4. The maximum Gasteiger partial charge on any atom is 0.191 e. The van der Waals surface area contributed by atoms with Crippen molar-refractivity contribution < 1.29 is 0 Å². The number of hydrogen-bond donors (Lipinski definition) is 2. The summed E-state index contributed by atoms with van der Waals surface area (Å²) in [4.78, 5) is 8.74. The predicted octanol–water partition coefficient (Wildman–Crippen LogP) is 2.35. The minimum atomic E-state index is 0. The number of aromatic nitrogens is 3. The lowest BCUT2D eigenvalue weighted by Crippen LogP contribution is -2.38. The van der Waals surface area contributed by atoms with Crippen LogP contribution in [0.5, 0.6) is 0 Å². The molecular weight excluding hydrogens is 415 g/mol. The van der Waals surface area contributed by atoms with E-state index < -0.39 is 0 Å². The molecule has 0 radical (unpaired) electrons. The molecular formula is C17H27IN6. The maximum atomic E-state index is 4.56. The summed E-state index contributed by atoms with van der Waals surface area (Å²) in [6.07, 6.45) is 2.52. The molecule has 0 spiro atoms. The number of nitrogens with zero attached hydrogens (tertiary/aromatic N) is 4. The molecule has 24 heavy (non-hydrogen) atoms. The van der Waals surface area contributed by atoms with Crippen LogP contribution in [0.1, 0.15) is 29.4 Å². The first-order valence-corrected chi connectivity index (χ1v) is 8.01. The fourth-order valence-corrected chi connectivity index (χ4v) is 2.40. The molecule has 0 fully saturated rings. The summed E-state index contributed by atoms with van der Waals surface area (Å²) in [7, 11) is 1.87. The van der Waals surface area contributed by atoms with Crippen LogP contribution in [-0.2, 0) is 20.0 Å². The zero-order valence-corrected chi connectivity index (χ0v) is 17.2. The van der Waals surface area contributed by atoms with Gasteiger partial charge in [0.05, 0.1) is 0 Å². The van der Waals surface area contributed by atoms with E-state index in [0.717, 1.165) is 31.3 Å². The van der Waals surface area contributed by atoms with Gasteiger partial charge in [-0.3, -0.25) is 4.68 Å². The molecule has 1 aromatic carbocycles. The van der Waals surface area contributed by atoms with Crippen molar-refractivity contribution in [3.05, 3.63) is 47.0 Å². The van der Waals surface area contributed by atoms with E-state index in [-0.39, 0.29) is 24.0 Å². The topological polar surface area (TPSA) is 67.1 Å². The first-order chi connectivity index (χ1) is 11.1. The van der Waals surface area contributed by atoms with Gasteiger partial charge in [-0.1, -0.05) is 23.8 Å². The van der Waals surface area contributed by atoms with Crippen LogP contribution < -0.4 is 10.6 Å². The van der Waals surface area contributed by atoms with Crippen LogP contribution in [-0.4, -0.2) is 33.8 Å². The smallest absolute Gasteiger partial charge is 0.191 e. The molecule has 0 aliphatic heterocycles. The fourth-order valence-electron chi connectivity index (χ4n) is 2.40. The second kappa shape index (κ2) is 10.3. The van der Waals surface area contributed by atoms with E-state index in [9.17, 15) is 0 Å². The number of guanidine groups is 1. The Bertz CT molecular complexity index is 665. The van der Waals surface area contributed by atoms with Crippen LogP contribution in [0.15, 0.2) is 29.5 Å². The molecule has 0 aliphatic carbocycles. The zero-order chi connectivity index (χ0) is 16.7. The molecule has 1 heterocycles. The van der Waals surface area contributed by atoms with Crippen LogP contribution in [0, 0.1) is 13.8 Å². The van der Waals surface area contributed by atoms with Gasteiger partial charge in [0.15, 0.2) is 5.96 Å². The van der Waals surface area contributed by atoms with E-state index >= 15 is 0 Å². The summed E-state index contributed by atoms with van der Waals surface area (Å²) in [5.74, 6) is 1.65. The average Bonchev–Trinajstić information content (AvgIpc) is 2.92. The first-order valence-electron chi connectivity index (χ1n) is 8.01. The Labute approximate surface area is 161 Å². The molecule has 0 atom stereocenters. The van der Waals surface area contributed by atoms with Crippen molar-refractivity contribution in [3.63, 3.8) is 0 Å². The van der Waals surface area contributed by atoms with Gasteiger partial charge in [-0.25, -0.2) is 9.98 Å². The molecule has 0 amide bonds. The summed E-state index contributed by atoms with van der Waals surface area (Å²) in [5, 5.41) is 10.7. The van der Waals surface area contributed by atoms with E-state index in [0.29, 0.717) is 6.54 Å². The van der Waals surface area contributed by atoms with Crippen LogP contribution in [0.4, 0.5) is 0 Å². The Hall–Kier alpha value is -1.64. The van der Waals surface area contributed by atoms with Gasteiger partial charge >= 0.3 is 0 Å². The van der Waals surface area contributed by atoms with Crippen LogP contribution >= 0.6 is 24.0 Å².